The zero-order valence-electron chi connectivity index (χ0n) is 20.7. The zero-order valence-corrected chi connectivity index (χ0v) is 20.7. The summed E-state index contributed by atoms with van der Waals surface area (Å²) < 4.78 is 38.9. The second-order valence-corrected chi connectivity index (χ2v) is 9.77. The first-order valence-corrected chi connectivity index (χ1v) is 12.8. The summed E-state index contributed by atoms with van der Waals surface area (Å²) in [5.74, 6) is -0.164. The van der Waals surface area contributed by atoms with E-state index in [-0.39, 0.29) is 5.91 Å². The summed E-state index contributed by atoms with van der Waals surface area (Å²) in [5, 5.41) is 3.06. The van der Waals surface area contributed by atoms with Crippen LogP contribution < -0.4 is 5.32 Å². The van der Waals surface area contributed by atoms with Crippen molar-refractivity contribution in [2.45, 2.75) is 51.2 Å². The van der Waals surface area contributed by atoms with E-state index in [4.69, 9.17) is 0 Å². The van der Waals surface area contributed by atoms with Gasteiger partial charge in [0.2, 0.25) is 0 Å². The number of aromatic nitrogens is 1. The van der Waals surface area contributed by atoms with Crippen LogP contribution in [0.4, 0.5) is 18.9 Å². The summed E-state index contributed by atoms with van der Waals surface area (Å²) in [7, 11) is 0. The average Bonchev–Trinajstić information content (AvgIpc) is 2.92. The molecular weight excluding hydrogens is 475 g/mol. The molecule has 192 valence electrons. The van der Waals surface area contributed by atoms with E-state index in [1.54, 1.807) is 0 Å². The summed E-state index contributed by atoms with van der Waals surface area (Å²) in [6, 6.07) is 17.2. The number of carbonyl (C=O) groups excluding carboxylic acids is 1. The first kappa shape index (κ1) is 25.2. The van der Waals surface area contributed by atoms with E-state index in [0.717, 1.165) is 74.4 Å². The van der Waals surface area contributed by atoms with E-state index in [1.165, 1.54) is 23.3 Å². The number of fused-ring (bicyclic) bond motifs is 1. The summed E-state index contributed by atoms with van der Waals surface area (Å²) >= 11 is 0. The molecule has 0 bridgehead atoms. The molecule has 0 atom stereocenters. The molecule has 2 aliphatic rings. The Labute approximate surface area is 215 Å². The van der Waals surface area contributed by atoms with Crippen LogP contribution in [0, 0.1) is 0 Å². The van der Waals surface area contributed by atoms with Crippen LogP contribution in [0.15, 0.2) is 72.4 Å². The van der Waals surface area contributed by atoms with Gasteiger partial charge in [0.15, 0.2) is 0 Å². The lowest BCUT2D eigenvalue weighted by atomic mass is 9.86. The number of benzene rings is 2. The van der Waals surface area contributed by atoms with Gasteiger partial charge in [0.1, 0.15) is 0 Å². The maximum absolute atomic E-state index is 13.3. The molecule has 0 unspecified atom stereocenters. The molecule has 1 N–H and O–H groups in total. The third kappa shape index (κ3) is 6.10. The lowest BCUT2D eigenvalue weighted by Crippen LogP contribution is -2.32. The molecule has 5 rings (SSSR count). The highest BCUT2D eigenvalue weighted by molar-refractivity contribution is 6.09. The fourth-order valence-corrected chi connectivity index (χ4v) is 5.24. The van der Waals surface area contributed by atoms with Crippen LogP contribution in [-0.2, 0) is 30.4 Å². The number of alkyl halides is 3. The molecule has 0 spiro atoms. The minimum atomic E-state index is -4.37. The number of carbonyl (C=O) groups is 1. The van der Waals surface area contributed by atoms with Gasteiger partial charge in [0.05, 0.1) is 5.56 Å². The number of hydrogen-bond donors (Lipinski definition) is 1. The Kier molecular flexibility index (Phi) is 7.42. The number of hydrogen-bond acceptors (Lipinski definition) is 3. The Bertz CT molecular complexity index is 1280. The number of nitrogens with one attached hydrogen (secondary N) is 1. The van der Waals surface area contributed by atoms with Gasteiger partial charge < -0.3 is 5.32 Å². The lowest BCUT2D eigenvalue weighted by Gasteiger charge is -2.29. The molecule has 2 aromatic carbocycles. The molecule has 1 aliphatic heterocycles. The Morgan fingerprint density at radius 3 is 2.51 bits per heavy atom. The number of allylic oxidation sites excluding steroid dienone is 1. The zero-order chi connectivity index (χ0) is 25.8. The Morgan fingerprint density at radius 1 is 0.946 bits per heavy atom. The molecule has 1 aromatic heterocycles. The highest BCUT2D eigenvalue weighted by Gasteiger charge is 2.30. The molecule has 0 saturated heterocycles. The summed E-state index contributed by atoms with van der Waals surface area (Å²) in [4.78, 5) is 20.1. The molecule has 7 heteroatoms. The van der Waals surface area contributed by atoms with Crippen LogP contribution in [0.5, 0.6) is 0 Å². The third-order valence-electron chi connectivity index (χ3n) is 7.27. The Hall–Kier alpha value is -3.45. The molecule has 0 fully saturated rings. The Morgan fingerprint density at radius 2 is 1.76 bits per heavy atom. The van der Waals surface area contributed by atoms with Crippen molar-refractivity contribution in [3.05, 3.63) is 100 Å². The second-order valence-electron chi connectivity index (χ2n) is 9.77. The van der Waals surface area contributed by atoms with Crippen molar-refractivity contribution in [1.82, 2.24) is 9.88 Å². The minimum absolute atomic E-state index is 0.164. The highest BCUT2D eigenvalue weighted by Crippen LogP contribution is 2.35. The number of amides is 1. The van der Waals surface area contributed by atoms with Gasteiger partial charge in [-0.3, -0.25) is 14.7 Å². The smallest absolute Gasteiger partial charge is 0.322 e. The summed E-state index contributed by atoms with van der Waals surface area (Å²) in [6.45, 7) is 2.79. The van der Waals surface area contributed by atoms with Crippen molar-refractivity contribution in [3.8, 4) is 0 Å². The van der Waals surface area contributed by atoms with E-state index in [0.29, 0.717) is 24.0 Å². The largest absolute Gasteiger partial charge is 0.416 e. The molecule has 2 heterocycles. The number of halogens is 3. The molecule has 1 aliphatic carbocycles. The summed E-state index contributed by atoms with van der Waals surface area (Å²) in [5.41, 5.74) is 5.90. The highest BCUT2D eigenvalue weighted by atomic mass is 19.4. The van der Waals surface area contributed by atoms with Crippen molar-refractivity contribution < 1.29 is 18.0 Å². The first-order chi connectivity index (χ1) is 17.9. The van der Waals surface area contributed by atoms with E-state index in [9.17, 15) is 18.0 Å². The van der Waals surface area contributed by atoms with Crippen molar-refractivity contribution in [3.63, 3.8) is 0 Å². The van der Waals surface area contributed by atoms with Crippen molar-refractivity contribution in [2.75, 3.05) is 18.4 Å². The van der Waals surface area contributed by atoms with E-state index < -0.39 is 11.7 Å². The molecule has 1 amide bonds. The average molecular weight is 506 g/mol. The number of nitrogens with zero attached hydrogens (tertiary/aromatic N) is 2. The fourth-order valence-electron chi connectivity index (χ4n) is 5.24. The second kappa shape index (κ2) is 10.9. The molecule has 0 saturated carbocycles. The number of pyridine rings is 1. The maximum Gasteiger partial charge on any atom is 0.416 e. The minimum Gasteiger partial charge on any atom is -0.322 e. The monoisotopic (exact) mass is 505 g/mol. The van der Waals surface area contributed by atoms with Gasteiger partial charge in [-0.05, 0) is 90.8 Å². The topological polar surface area (TPSA) is 45.2 Å². The van der Waals surface area contributed by atoms with E-state index >= 15 is 0 Å². The van der Waals surface area contributed by atoms with Crippen LogP contribution in [-0.4, -0.2) is 28.9 Å². The molecule has 3 aromatic rings. The third-order valence-corrected chi connectivity index (χ3v) is 7.27. The van der Waals surface area contributed by atoms with E-state index in [1.807, 2.05) is 24.4 Å². The van der Waals surface area contributed by atoms with Crippen LogP contribution >= 0.6 is 0 Å². The van der Waals surface area contributed by atoms with Crippen LogP contribution in [0.2, 0.25) is 0 Å². The van der Waals surface area contributed by atoms with Gasteiger partial charge in [-0.25, -0.2) is 0 Å². The van der Waals surface area contributed by atoms with Crippen molar-refractivity contribution >= 4 is 17.2 Å². The Balaban J connectivity index is 1.26. The van der Waals surface area contributed by atoms with Gasteiger partial charge in [-0.1, -0.05) is 24.3 Å². The van der Waals surface area contributed by atoms with E-state index in [2.05, 4.69) is 33.4 Å². The SMILES string of the molecule is O=C(Nc1ccc2c(c1)CCN(CCc1ccccn1)C2)C1=C(c2ccc(C(F)(F)F)cc2)CCCC1. The normalized spacial score (nSPS) is 16.4. The predicted octanol–water partition coefficient (Wildman–Crippen LogP) is 6.67. The molecule has 4 nitrogen and oxygen atoms in total. The standard InChI is InChI=1S/C30H30F3N3O/c31-30(32,33)24-11-8-21(9-12-24)27-6-1-2-7-28(27)29(37)35-26-13-10-23-20-36(17-14-22(23)19-26)18-15-25-5-3-4-16-34-25/h3-5,8-13,16,19H,1-2,6-7,14-15,17-18,20H2,(H,35,37). The van der Waals surface area contributed by atoms with Gasteiger partial charge in [0.25, 0.3) is 5.91 Å². The molecule has 0 radical (unpaired) electrons. The van der Waals surface area contributed by atoms with Gasteiger partial charge >= 0.3 is 6.18 Å². The van der Waals surface area contributed by atoms with Crippen molar-refractivity contribution in [2.24, 2.45) is 0 Å². The number of anilines is 1. The molecule has 37 heavy (non-hydrogen) atoms. The van der Waals surface area contributed by atoms with Gasteiger partial charge in [-0.15, -0.1) is 0 Å². The van der Waals surface area contributed by atoms with Crippen LogP contribution in [0.25, 0.3) is 5.57 Å². The fraction of sp³-hybridized carbons (Fsp3) is 0.333. The predicted molar refractivity (Wildman–Crippen MR) is 139 cm³/mol. The van der Waals surface area contributed by atoms with Gasteiger partial charge in [-0.2, -0.15) is 13.2 Å². The number of rotatable bonds is 6. The van der Waals surface area contributed by atoms with Crippen LogP contribution in [0.1, 0.15) is 53.6 Å². The lowest BCUT2D eigenvalue weighted by molar-refractivity contribution is -0.137. The van der Waals surface area contributed by atoms with Crippen LogP contribution in [0.3, 0.4) is 0 Å². The first-order valence-electron chi connectivity index (χ1n) is 12.8. The maximum atomic E-state index is 13.3. The van der Waals surface area contributed by atoms with Crippen molar-refractivity contribution in [1.29, 1.82) is 0 Å². The quantitative estimate of drug-likeness (QED) is 0.407. The summed E-state index contributed by atoms with van der Waals surface area (Å²) in [6.07, 6.45) is 2.41. The molecular formula is C30H30F3N3O. The van der Waals surface area contributed by atoms with Gasteiger partial charge in [0, 0.05) is 49.2 Å².